The minimum atomic E-state index is -4.47. The van der Waals surface area contributed by atoms with E-state index in [1.165, 1.54) is 41.2 Å². The van der Waals surface area contributed by atoms with Crippen LogP contribution in [0.1, 0.15) is 21.5 Å². The second-order valence-electron chi connectivity index (χ2n) is 9.92. The lowest BCUT2D eigenvalue weighted by Crippen LogP contribution is -2.52. The van der Waals surface area contributed by atoms with E-state index in [0.29, 0.717) is 16.8 Å². The van der Waals surface area contributed by atoms with Gasteiger partial charge in [0.25, 0.3) is 17.6 Å². The zero-order chi connectivity index (χ0) is 31.6. The van der Waals surface area contributed by atoms with Gasteiger partial charge in [-0.25, -0.2) is 9.67 Å². The molecule has 1 fully saturated rings. The van der Waals surface area contributed by atoms with E-state index in [1.807, 2.05) is 6.07 Å². The van der Waals surface area contributed by atoms with E-state index in [2.05, 4.69) is 16.7 Å². The lowest BCUT2D eigenvalue weighted by molar-refractivity contribution is -0.142. The zero-order valence-electron chi connectivity index (χ0n) is 23.5. The summed E-state index contributed by atoms with van der Waals surface area (Å²) in [6, 6.07) is 14.9. The minimum absolute atomic E-state index is 0.0455. The number of benzene rings is 2. The third-order valence-corrected chi connectivity index (χ3v) is 7.24. The lowest BCUT2D eigenvalue weighted by atomic mass is 10.0. The number of nitrogen functional groups attached to an aromatic ring is 1. The van der Waals surface area contributed by atoms with Gasteiger partial charge in [0.05, 0.1) is 35.8 Å². The molecule has 2 aromatic carbocycles. The van der Waals surface area contributed by atoms with E-state index in [1.54, 1.807) is 35.2 Å². The van der Waals surface area contributed by atoms with Crippen molar-refractivity contribution < 1.29 is 32.3 Å². The second-order valence-corrected chi connectivity index (χ2v) is 9.92. The molecule has 0 unspecified atom stereocenters. The topological polar surface area (TPSA) is 124 Å². The van der Waals surface area contributed by atoms with Gasteiger partial charge in [0.15, 0.2) is 5.82 Å². The smallest absolute Gasteiger partial charge is 0.416 e. The summed E-state index contributed by atoms with van der Waals surface area (Å²) in [7, 11) is 1.35. The Balaban J connectivity index is 1.33. The van der Waals surface area contributed by atoms with Crippen molar-refractivity contribution in [1.82, 2.24) is 24.6 Å². The van der Waals surface area contributed by atoms with E-state index in [0.717, 1.165) is 12.1 Å². The zero-order valence-corrected chi connectivity index (χ0v) is 23.5. The quantitative estimate of drug-likeness (QED) is 0.249. The second kappa shape index (κ2) is 12.0. The first-order valence-corrected chi connectivity index (χ1v) is 13.4. The van der Waals surface area contributed by atoms with Crippen LogP contribution in [0.3, 0.4) is 0 Å². The largest absolute Gasteiger partial charge is 0.494 e. The first-order chi connectivity index (χ1) is 21.0. The molecule has 44 heavy (non-hydrogen) atoms. The van der Waals surface area contributed by atoms with Crippen LogP contribution in [0, 0.1) is 0 Å². The van der Waals surface area contributed by atoms with Gasteiger partial charge in [0, 0.05) is 49.1 Å². The van der Waals surface area contributed by atoms with Gasteiger partial charge < -0.3 is 20.3 Å². The molecule has 3 heterocycles. The third kappa shape index (κ3) is 5.89. The van der Waals surface area contributed by atoms with Gasteiger partial charge >= 0.3 is 6.18 Å². The number of Topliss-reactive ketones (excluding diaryl/α,β-unsaturated/α-hetero) is 1. The number of carbonyl (C=O) groups excluding carboxylic acids is 3. The number of hydrogen-bond donors (Lipinski definition) is 1. The molecule has 10 nitrogen and oxygen atoms in total. The summed E-state index contributed by atoms with van der Waals surface area (Å²) in [4.78, 5) is 46.5. The molecule has 5 rings (SSSR count). The highest BCUT2D eigenvalue weighted by molar-refractivity contribution is 6.53. The maximum Gasteiger partial charge on any atom is 0.416 e. The summed E-state index contributed by atoms with van der Waals surface area (Å²) < 4.78 is 45.5. The molecule has 0 atom stereocenters. The fraction of sp³-hybridized carbons (Fsp3) is 0.194. The van der Waals surface area contributed by atoms with Gasteiger partial charge in [0.2, 0.25) is 0 Å². The highest BCUT2D eigenvalue weighted by Gasteiger charge is 2.32. The number of methoxy groups -OCH3 is 1. The summed E-state index contributed by atoms with van der Waals surface area (Å²) in [5, 5.41) is 4.39. The minimum Gasteiger partial charge on any atom is -0.494 e. The Kier molecular flexibility index (Phi) is 8.21. The van der Waals surface area contributed by atoms with Crippen LogP contribution in [0.15, 0.2) is 79.6 Å². The van der Waals surface area contributed by atoms with Crippen LogP contribution in [0.2, 0.25) is 0 Å². The maximum absolute atomic E-state index is 13.3. The molecule has 0 bridgehead atoms. The molecule has 2 amide bonds. The van der Waals surface area contributed by atoms with Crippen LogP contribution in [0.5, 0.6) is 5.75 Å². The average molecular weight is 605 g/mol. The number of pyridine rings is 1. The molecule has 0 radical (unpaired) electrons. The van der Waals surface area contributed by atoms with Crippen molar-refractivity contribution in [2.75, 3.05) is 39.0 Å². The van der Waals surface area contributed by atoms with Crippen molar-refractivity contribution >= 4 is 28.9 Å². The molecule has 1 aliphatic heterocycles. The number of rotatable bonds is 7. The van der Waals surface area contributed by atoms with E-state index in [4.69, 9.17) is 10.5 Å². The fourth-order valence-corrected chi connectivity index (χ4v) is 4.83. The van der Waals surface area contributed by atoms with Crippen molar-refractivity contribution in [3.8, 4) is 22.8 Å². The highest BCUT2D eigenvalue weighted by Crippen LogP contribution is 2.35. The Morgan fingerprint density at radius 2 is 1.57 bits per heavy atom. The maximum atomic E-state index is 13.3. The van der Waals surface area contributed by atoms with E-state index in [-0.39, 0.29) is 60.5 Å². The number of ether oxygens (including phenoxy) is 1. The number of nitrogens with zero attached hydrogens (tertiary/aromatic N) is 5. The Hall–Kier alpha value is -5.46. The first kappa shape index (κ1) is 30.0. The van der Waals surface area contributed by atoms with Crippen molar-refractivity contribution in [3.05, 3.63) is 96.3 Å². The van der Waals surface area contributed by atoms with Crippen LogP contribution in [-0.2, 0) is 15.8 Å². The highest BCUT2D eigenvalue weighted by atomic mass is 19.4. The van der Waals surface area contributed by atoms with Crippen LogP contribution in [0.25, 0.3) is 22.6 Å². The number of piperazine rings is 1. The summed E-state index contributed by atoms with van der Waals surface area (Å²) in [6.45, 7) is 4.66. The summed E-state index contributed by atoms with van der Waals surface area (Å²) in [5.41, 5.74) is 6.75. The molecule has 2 aromatic heterocycles. The molecular weight excluding hydrogens is 577 g/mol. The van der Waals surface area contributed by atoms with Gasteiger partial charge in [-0.05, 0) is 30.3 Å². The van der Waals surface area contributed by atoms with E-state index >= 15 is 0 Å². The molecule has 226 valence electrons. The molecule has 1 saturated heterocycles. The summed E-state index contributed by atoms with van der Waals surface area (Å²) in [6.07, 6.45) is -1.65. The predicted octanol–water partition coefficient (Wildman–Crippen LogP) is 4.11. The Labute approximate surface area is 250 Å². The SMILES string of the molecule is C=C(C(=O)C(=O)N1CCN(C(=O)c2ccccc2)CC1)c1c(OC)cnc(-n2ccc(-c3ccc(C(F)(F)F)cc3)n2)c1N. The fourth-order valence-electron chi connectivity index (χ4n) is 4.83. The number of carbonyl (C=O) groups is 3. The van der Waals surface area contributed by atoms with Gasteiger partial charge in [-0.1, -0.05) is 36.9 Å². The van der Waals surface area contributed by atoms with Gasteiger partial charge in [0.1, 0.15) is 5.75 Å². The van der Waals surface area contributed by atoms with Crippen molar-refractivity contribution in [2.24, 2.45) is 0 Å². The van der Waals surface area contributed by atoms with E-state index < -0.39 is 23.4 Å². The van der Waals surface area contributed by atoms with Crippen molar-refractivity contribution in [1.29, 1.82) is 0 Å². The van der Waals surface area contributed by atoms with Crippen molar-refractivity contribution in [2.45, 2.75) is 6.18 Å². The summed E-state index contributed by atoms with van der Waals surface area (Å²) in [5.74, 6) is -1.67. The molecule has 0 spiro atoms. The molecule has 0 aliphatic carbocycles. The number of anilines is 1. The molecule has 1 aliphatic rings. The summed E-state index contributed by atoms with van der Waals surface area (Å²) >= 11 is 0. The Morgan fingerprint density at radius 1 is 0.932 bits per heavy atom. The molecule has 4 aromatic rings. The number of aromatic nitrogens is 3. The van der Waals surface area contributed by atoms with Crippen LogP contribution >= 0.6 is 0 Å². The first-order valence-electron chi connectivity index (χ1n) is 13.4. The monoisotopic (exact) mass is 604 g/mol. The van der Waals surface area contributed by atoms with Gasteiger partial charge in [-0.3, -0.25) is 14.4 Å². The molecular formula is C31H27F3N6O4. The van der Waals surface area contributed by atoms with Gasteiger partial charge in [-0.15, -0.1) is 0 Å². The van der Waals surface area contributed by atoms with Crippen molar-refractivity contribution in [3.63, 3.8) is 0 Å². The number of ketones is 1. The number of nitrogens with two attached hydrogens (primary N) is 1. The number of halogens is 3. The Bertz CT molecular complexity index is 1730. The van der Waals surface area contributed by atoms with Crippen LogP contribution in [0.4, 0.5) is 18.9 Å². The van der Waals surface area contributed by atoms with Crippen LogP contribution < -0.4 is 10.5 Å². The lowest BCUT2D eigenvalue weighted by Gasteiger charge is -2.34. The molecule has 2 N–H and O–H groups in total. The Morgan fingerprint density at radius 3 is 2.18 bits per heavy atom. The third-order valence-electron chi connectivity index (χ3n) is 7.24. The molecule has 13 heteroatoms. The molecule has 0 saturated carbocycles. The normalized spacial score (nSPS) is 13.5. The predicted molar refractivity (Wildman–Crippen MR) is 156 cm³/mol. The van der Waals surface area contributed by atoms with Gasteiger partial charge in [-0.2, -0.15) is 18.3 Å². The van der Waals surface area contributed by atoms with E-state index in [9.17, 15) is 27.6 Å². The van der Waals surface area contributed by atoms with Crippen LogP contribution in [-0.4, -0.2) is 75.5 Å². The average Bonchev–Trinajstić information content (AvgIpc) is 3.53. The number of alkyl halides is 3. The standard InChI is InChI=1S/C31H27F3N6O4/c1-19(27(41)30(43)39-16-14-38(15-17-39)29(42)21-6-4-3-5-7-21)25-24(44-2)18-36-28(26(25)35)40-13-12-23(37-40)20-8-10-22(11-9-20)31(32,33)34/h3-13,18H,1,14-17,35H2,2H3. The number of hydrogen-bond acceptors (Lipinski definition) is 7. The number of amides is 2.